The molecule has 1 N–H and O–H groups in total. The van der Waals surface area contributed by atoms with Crippen molar-refractivity contribution < 1.29 is 23.8 Å². The highest BCUT2D eigenvalue weighted by Crippen LogP contribution is 2.35. The van der Waals surface area contributed by atoms with E-state index in [1.807, 2.05) is 32.4 Å². The highest BCUT2D eigenvalue weighted by molar-refractivity contribution is 6.34. The van der Waals surface area contributed by atoms with Crippen LogP contribution in [-0.2, 0) is 23.4 Å². The molecule has 0 saturated heterocycles. The average Bonchev–Trinajstić information content (AvgIpc) is 3.41. The molecule has 1 atom stereocenters. The van der Waals surface area contributed by atoms with E-state index in [0.717, 1.165) is 23.0 Å². The van der Waals surface area contributed by atoms with Gasteiger partial charge in [0.2, 0.25) is 0 Å². The monoisotopic (exact) mass is 556 g/mol. The first-order chi connectivity index (χ1) is 18.3. The van der Waals surface area contributed by atoms with E-state index in [4.69, 9.17) is 26.2 Å². The van der Waals surface area contributed by atoms with Gasteiger partial charge in [0.05, 0.1) is 47.6 Å². The molecule has 1 amide bonds. The molecule has 1 aliphatic heterocycles. The normalized spacial score (nSPS) is 15.2. The number of carbonyl (C=O) groups is 1. The van der Waals surface area contributed by atoms with E-state index in [9.17, 15) is 14.3 Å². The summed E-state index contributed by atoms with van der Waals surface area (Å²) in [6.45, 7) is 10.2. The number of hydrogen-bond acceptors (Lipinski definition) is 7. The fourth-order valence-corrected chi connectivity index (χ4v) is 4.70. The number of amides is 1. The number of pyridine rings is 2. The lowest BCUT2D eigenvalue weighted by molar-refractivity contribution is 0.00419. The molecule has 0 saturated carbocycles. The molecule has 0 aromatic carbocycles. The SMILES string of the molecule is Cc1c(-c2cc(OCC(C)(O)c3ccc(F)cn3)c3c(Cl)cnn3c2)nn2c1CN(C(=O)OC(C)(C)C)CC2. The summed E-state index contributed by atoms with van der Waals surface area (Å²) < 4.78 is 28.5. The molecule has 0 fully saturated rings. The summed E-state index contributed by atoms with van der Waals surface area (Å²) in [6, 6.07) is 4.44. The zero-order valence-corrected chi connectivity index (χ0v) is 23.2. The Labute approximate surface area is 229 Å². The highest BCUT2D eigenvalue weighted by Gasteiger charge is 2.30. The first kappa shape index (κ1) is 26.9. The molecule has 0 spiro atoms. The Morgan fingerprint density at radius 2 is 1.97 bits per heavy atom. The number of hydrogen-bond donors (Lipinski definition) is 1. The van der Waals surface area contributed by atoms with E-state index in [1.165, 1.54) is 25.3 Å². The van der Waals surface area contributed by atoms with E-state index in [2.05, 4.69) is 10.1 Å². The van der Waals surface area contributed by atoms with Crippen LogP contribution in [-0.4, -0.2) is 59.2 Å². The van der Waals surface area contributed by atoms with Gasteiger partial charge in [-0.3, -0.25) is 9.67 Å². The predicted octanol–water partition coefficient (Wildman–Crippen LogP) is 4.73. The smallest absolute Gasteiger partial charge is 0.410 e. The van der Waals surface area contributed by atoms with Crippen LogP contribution >= 0.6 is 11.6 Å². The van der Waals surface area contributed by atoms with Gasteiger partial charge in [-0.15, -0.1) is 0 Å². The number of ether oxygens (including phenoxy) is 2. The summed E-state index contributed by atoms with van der Waals surface area (Å²) >= 11 is 6.42. The number of halogens is 2. The number of fused-ring (bicyclic) bond motifs is 2. The standard InChI is InChI=1S/C27H30ClFN6O4/c1-16-20-14-33(25(36)39-26(2,3)4)8-9-34(20)32-23(16)17-10-21(24-19(28)12-31-35(24)13-17)38-15-27(5,37)22-7-6-18(29)11-30-22/h6-7,10-13,37H,8-9,14-15H2,1-5H3. The summed E-state index contributed by atoms with van der Waals surface area (Å²) in [6.07, 6.45) is 4.00. The zero-order chi connectivity index (χ0) is 28.1. The topological polar surface area (TPSA) is 107 Å². The lowest BCUT2D eigenvalue weighted by atomic mass is 10.0. The van der Waals surface area contributed by atoms with Crippen molar-refractivity contribution in [3.63, 3.8) is 0 Å². The third-order valence-corrected chi connectivity index (χ3v) is 6.76. The maximum absolute atomic E-state index is 13.3. The maximum Gasteiger partial charge on any atom is 0.410 e. The fraction of sp³-hybridized carbons (Fsp3) is 0.407. The molecule has 10 nitrogen and oxygen atoms in total. The van der Waals surface area contributed by atoms with Crippen LogP contribution in [0.15, 0.2) is 36.8 Å². The van der Waals surface area contributed by atoms with Gasteiger partial charge in [0.1, 0.15) is 34.9 Å². The molecule has 0 radical (unpaired) electrons. The van der Waals surface area contributed by atoms with Gasteiger partial charge in [0, 0.05) is 23.9 Å². The van der Waals surface area contributed by atoms with Crippen LogP contribution in [0, 0.1) is 12.7 Å². The molecular weight excluding hydrogens is 527 g/mol. The summed E-state index contributed by atoms with van der Waals surface area (Å²) in [7, 11) is 0. The second-order valence-electron chi connectivity index (χ2n) is 10.8. The molecule has 1 aliphatic rings. The van der Waals surface area contributed by atoms with Crippen molar-refractivity contribution in [2.75, 3.05) is 13.2 Å². The van der Waals surface area contributed by atoms with Crippen molar-refractivity contribution in [2.45, 2.75) is 58.9 Å². The second kappa shape index (κ2) is 9.80. The van der Waals surface area contributed by atoms with Crippen molar-refractivity contribution in [1.82, 2.24) is 29.3 Å². The molecule has 39 heavy (non-hydrogen) atoms. The van der Waals surface area contributed by atoms with Crippen LogP contribution in [0.25, 0.3) is 16.8 Å². The summed E-state index contributed by atoms with van der Waals surface area (Å²) in [5, 5.41) is 20.5. The molecular formula is C27H30ClFN6O4. The lowest BCUT2D eigenvalue weighted by Gasteiger charge is -2.30. The van der Waals surface area contributed by atoms with Crippen LogP contribution in [0.2, 0.25) is 5.02 Å². The minimum Gasteiger partial charge on any atom is -0.488 e. The van der Waals surface area contributed by atoms with Crippen molar-refractivity contribution >= 4 is 23.2 Å². The Kier molecular flexibility index (Phi) is 6.76. The van der Waals surface area contributed by atoms with Crippen molar-refractivity contribution in [3.8, 4) is 17.0 Å². The van der Waals surface area contributed by atoms with Gasteiger partial charge in [-0.05, 0) is 52.8 Å². The summed E-state index contributed by atoms with van der Waals surface area (Å²) in [5.74, 6) is -0.110. The number of nitrogens with zero attached hydrogens (tertiary/aromatic N) is 6. The van der Waals surface area contributed by atoms with Crippen molar-refractivity contribution in [1.29, 1.82) is 0 Å². The molecule has 0 bridgehead atoms. The molecule has 12 heteroatoms. The van der Waals surface area contributed by atoms with Crippen LogP contribution in [0.3, 0.4) is 0 Å². The van der Waals surface area contributed by atoms with Crippen LogP contribution in [0.1, 0.15) is 44.6 Å². The zero-order valence-electron chi connectivity index (χ0n) is 22.4. The van der Waals surface area contributed by atoms with Crippen LogP contribution < -0.4 is 4.74 Å². The van der Waals surface area contributed by atoms with Gasteiger partial charge in [-0.2, -0.15) is 10.2 Å². The number of aliphatic hydroxyl groups is 1. The van der Waals surface area contributed by atoms with Crippen LogP contribution in [0.5, 0.6) is 5.75 Å². The maximum atomic E-state index is 13.3. The van der Waals surface area contributed by atoms with Crippen molar-refractivity contribution in [2.24, 2.45) is 0 Å². The third kappa shape index (κ3) is 5.41. The Morgan fingerprint density at radius 1 is 1.21 bits per heavy atom. The molecule has 206 valence electrons. The summed E-state index contributed by atoms with van der Waals surface area (Å²) in [5.41, 5.74) is 1.97. The molecule has 5 heterocycles. The van der Waals surface area contributed by atoms with Crippen molar-refractivity contribution in [3.05, 3.63) is 64.6 Å². The second-order valence-corrected chi connectivity index (χ2v) is 11.3. The highest BCUT2D eigenvalue weighted by atomic mass is 35.5. The lowest BCUT2D eigenvalue weighted by Crippen LogP contribution is -2.41. The van der Waals surface area contributed by atoms with Gasteiger partial charge < -0.3 is 19.5 Å². The fourth-order valence-electron chi connectivity index (χ4n) is 4.48. The Balaban J connectivity index is 1.45. The third-order valence-electron chi connectivity index (χ3n) is 6.49. The Bertz CT molecular complexity index is 1540. The quantitative estimate of drug-likeness (QED) is 0.378. The minimum absolute atomic E-state index is 0.171. The van der Waals surface area contributed by atoms with E-state index in [0.29, 0.717) is 41.6 Å². The first-order valence-corrected chi connectivity index (χ1v) is 12.9. The molecule has 1 unspecified atom stereocenters. The Hall–Kier alpha value is -3.70. The number of rotatable bonds is 5. The van der Waals surface area contributed by atoms with E-state index in [-0.39, 0.29) is 18.4 Å². The predicted molar refractivity (Wildman–Crippen MR) is 142 cm³/mol. The van der Waals surface area contributed by atoms with E-state index < -0.39 is 17.0 Å². The van der Waals surface area contributed by atoms with Gasteiger partial charge >= 0.3 is 6.09 Å². The largest absolute Gasteiger partial charge is 0.488 e. The van der Waals surface area contributed by atoms with Gasteiger partial charge in [-0.1, -0.05) is 11.6 Å². The van der Waals surface area contributed by atoms with Gasteiger partial charge in [0.25, 0.3) is 0 Å². The summed E-state index contributed by atoms with van der Waals surface area (Å²) in [4.78, 5) is 18.3. The molecule has 0 aliphatic carbocycles. The average molecular weight is 557 g/mol. The Morgan fingerprint density at radius 3 is 2.67 bits per heavy atom. The van der Waals surface area contributed by atoms with E-state index in [1.54, 1.807) is 21.7 Å². The number of carbonyl (C=O) groups excluding carboxylic acids is 1. The number of aromatic nitrogens is 5. The first-order valence-electron chi connectivity index (χ1n) is 12.5. The van der Waals surface area contributed by atoms with Gasteiger partial charge in [0.15, 0.2) is 0 Å². The van der Waals surface area contributed by atoms with Gasteiger partial charge in [-0.25, -0.2) is 13.7 Å². The molecule has 5 rings (SSSR count). The molecule has 4 aromatic rings. The molecule has 4 aromatic heterocycles. The minimum atomic E-state index is -1.50. The van der Waals surface area contributed by atoms with E-state index >= 15 is 0 Å². The van der Waals surface area contributed by atoms with Crippen LogP contribution in [0.4, 0.5) is 9.18 Å².